The zero-order valence-corrected chi connectivity index (χ0v) is 10.6. The SMILES string of the molecule is Cc1c(C=O)n(C2CC2)c2ccc(Br)cc12. The summed E-state index contributed by atoms with van der Waals surface area (Å²) in [7, 11) is 0. The van der Waals surface area contributed by atoms with Gasteiger partial charge in [0.05, 0.1) is 5.69 Å². The molecule has 1 aliphatic carbocycles. The maximum Gasteiger partial charge on any atom is 0.166 e. The molecule has 1 aromatic carbocycles. The first-order chi connectivity index (χ1) is 7.72. The number of aromatic nitrogens is 1. The number of hydrogen-bond acceptors (Lipinski definition) is 1. The first-order valence-corrected chi connectivity index (χ1v) is 6.27. The van der Waals surface area contributed by atoms with E-state index in [2.05, 4.69) is 32.6 Å². The molecule has 3 rings (SSSR count). The molecule has 0 spiro atoms. The Bertz CT molecular complexity index is 581. The largest absolute Gasteiger partial charge is 0.335 e. The number of aldehydes is 1. The third-order valence-corrected chi connectivity index (χ3v) is 3.78. The lowest BCUT2D eigenvalue weighted by Gasteiger charge is -2.04. The maximum atomic E-state index is 11.2. The third kappa shape index (κ3) is 1.34. The lowest BCUT2D eigenvalue weighted by Crippen LogP contribution is -1.99. The molecule has 0 atom stereocenters. The van der Waals surface area contributed by atoms with Crippen LogP contribution in [0.4, 0.5) is 0 Å². The zero-order valence-electron chi connectivity index (χ0n) is 9.03. The molecule has 0 N–H and O–H groups in total. The summed E-state index contributed by atoms with van der Waals surface area (Å²) in [6, 6.07) is 6.77. The summed E-state index contributed by atoms with van der Waals surface area (Å²) in [5.41, 5.74) is 3.12. The fourth-order valence-corrected chi connectivity index (χ4v) is 2.70. The lowest BCUT2D eigenvalue weighted by atomic mass is 10.1. The van der Waals surface area contributed by atoms with Gasteiger partial charge in [0.25, 0.3) is 0 Å². The van der Waals surface area contributed by atoms with Gasteiger partial charge in [0.15, 0.2) is 6.29 Å². The van der Waals surface area contributed by atoms with Gasteiger partial charge in [-0.1, -0.05) is 15.9 Å². The Hall–Kier alpha value is -1.09. The molecule has 1 aromatic heterocycles. The summed E-state index contributed by atoms with van der Waals surface area (Å²) in [5, 5.41) is 1.18. The molecule has 0 aliphatic heterocycles. The van der Waals surface area contributed by atoms with Crippen molar-refractivity contribution in [3.05, 3.63) is 33.9 Å². The number of hydrogen-bond donors (Lipinski definition) is 0. The molecule has 16 heavy (non-hydrogen) atoms. The van der Waals surface area contributed by atoms with E-state index >= 15 is 0 Å². The molecule has 0 radical (unpaired) electrons. The second-order valence-electron chi connectivity index (χ2n) is 4.39. The van der Waals surface area contributed by atoms with Gasteiger partial charge in [-0.05, 0) is 43.5 Å². The molecule has 0 unspecified atom stereocenters. The van der Waals surface area contributed by atoms with Crippen LogP contribution in [0.2, 0.25) is 0 Å². The number of carbonyl (C=O) groups is 1. The van der Waals surface area contributed by atoms with Crippen LogP contribution in [0, 0.1) is 6.92 Å². The fraction of sp³-hybridized carbons (Fsp3) is 0.308. The van der Waals surface area contributed by atoms with E-state index < -0.39 is 0 Å². The lowest BCUT2D eigenvalue weighted by molar-refractivity contribution is 0.111. The summed E-state index contributed by atoms with van der Waals surface area (Å²) < 4.78 is 3.26. The minimum atomic E-state index is 0.539. The first kappa shape index (κ1) is 10.1. The number of halogens is 1. The van der Waals surface area contributed by atoms with Crippen LogP contribution >= 0.6 is 15.9 Å². The van der Waals surface area contributed by atoms with Crippen molar-refractivity contribution in [1.82, 2.24) is 4.57 Å². The van der Waals surface area contributed by atoms with Gasteiger partial charge in [-0.2, -0.15) is 0 Å². The van der Waals surface area contributed by atoms with Crippen LogP contribution in [0.3, 0.4) is 0 Å². The summed E-state index contributed by atoms with van der Waals surface area (Å²) in [6.45, 7) is 2.03. The molecule has 1 fully saturated rings. The Labute approximate surface area is 102 Å². The van der Waals surface area contributed by atoms with Crippen molar-refractivity contribution in [2.24, 2.45) is 0 Å². The molecule has 1 heterocycles. The molecule has 82 valence electrons. The van der Waals surface area contributed by atoms with Crippen LogP contribution < -0.4 is 0 Å². The van der Waals surface area contributed by atoms with Gasteiger partial charge >= 0.3 is 0 Å². The van der Waals surface area contributed by atoms with E-state index in [1.54, 1.807) is 0 Å². The Morgan fingerprint density at radius 2 is 2.19 bits per heavy atom. The van der Waals surface area contributed by atoms with Gasteiger partial charge in [-0.3, -0.25) is 4.79 Å². The van der Waals surface area contributed by atoms with Crippen LogP contribution in [0.15, 0.2) is 22.7 Å². The maximum absolute atomic E-state index is 11.2. The van der Waals surface area contributed by atoms with E-state index in [1.807, 2.05) is 13.0 Å². The fourth-order valence-electron chi connectivity index (χ4n) is 2.34. The van der Waals surface area contributed by atoms with Crippen molar-refractivity contribution in [3.8, 4) is 0 Å². The van der Waals surface area contributed by atoms with Gasteiger partial charge < -0.3 is 4.57 Å². The Balaban J connectivity index is 2.40. The number of carbonyl (C=O) groups excluding carboxylic acids is 1. The number of nitrogens with zero attached hydrogens (tertiary/aromatic N) is 1. The highest BCUT2D eigenvalue weighted by molar-refractivity contribution is 9.10. The van der Waals surface area contributed by atoms with Crippen molar-refractivity contribution in [3.63, 3.8) is 0 Å². The highest BCUT2D eigenvalue weighted by atomic mass is 79.9. The van der Waals surface area contributed by atoms with Crippen LogP contribution in [-0.2, 0) is 0 Å². The second-order valence-corrected chi connectivity index (χ2v) is 5.31. The van der Waals surface area contributed by atoms with E-state index in [9.17, 15) is 4.79 Å². The van der Waals surface area contributed by atoms with Gasteiger partial charge in [-0.15, -0.1) is 0 Å². The van der Waals surface area contributed by atoms with E-state index in [0.717, 1.165) is 22.0 Å². The first-order valence-electron chi connectivity index (χ1n) is 5.47. The van der Waals surface area contributed by atoms with Crippen molar-refractivity contribution < 1.29 is 4.79 Å². The topological polar surface area (TPSA) is 22.0 Å². The number of fused-ring (bicyclic) bond motifs is 1. The van der Waals surface area contributed by atoms with E-state index in [4.69, 9.17) is 0 Å². The molecule has 1 saturated carbocycles. The third-order valence-electron chi connectivity index (χ3n) is 3.29. The highest BCUT2D eigenvalue weighted by Crippen LogP contribution is 2.41. The molecule has 1 aliphatic rings. The van der Waals surface area contributed by atoms with Crippen molar-refractivity contribution >= 4 is 33.1 Å². The minimum absolute atomic E-state index is 0.539. The minimum Gasteiger partial charge on any atom is -0.335 e. The van der Waals surface area contributed by atoms with E-state index in [0.29, 0.717) is 6.04 Å². The van der Waals surface area contributed by atoms with Gasteiger partial charge in [0.2, 0.25) is 0 Å². The van der Waals surface area contributed by atoms with Gasteiger partial charge in [0.1, 0.15) is 0 Å². The number of aryl methyl sites for hydroxylation is 1. The molecular weight excluding hydrogens is 266 g/mol. The molecular formula is C13H12BrNO. The zero-order chi connectivity index (χ0) is 11.3. The van der Waals surface area contributed by atoms with Gasteiger partial charge in [-0.25, -0.2) is 0 Å². The van der Waals surface area contributed by atoms with Crippen molar-refractivity contribution in [2.75, 3.05) is 0 Å². The average Bonchev–Trinajstić information content (AvgIpc) is 3.06. The molecule has 2 aromatic rings. The van der Waals surface area contributed by atoms with E-state index in [1.165, 1.54) is 23.7 Å². The quantitative estimate of drug-likeness (QED) is 0.764. The average molecular weight is 278 g/mol. The summed E-state index contributed by atoms with van der Waals surface area (Å²) in [6.07, 6.45) is 3.38. The van der Waals surface area contributed by atoms with Crippen LogP contribution in [0.25, 0.3) is 10.9 Å². The summed E-state index contributed by atoms with van der Waals surface area (Å²) >= 11 is 3.48. The molecule has 0 saturated heterocycles. The predicted molar refractivity (Wildman–Crippen MR) is 68.0 cm³/mol. The Morgan fingerprint density at radius 1 is 1.44 bits per heavy atom. The van der Waals surface area contributed by atoms with Crippen molar-refractivity contribution in [1.29, 1.82) is 0 Å². The van der Waals surface area contributed by atoms with E-state index in [-0.39, 0.29) is 0 Å². The van der Waals surface area contributed by atoms with Crippen LogP contribution in [-0.4, -0.2) is 10.9 Å². The monoisotopic (exact) mass is 277 g/mol. The van der Waals surface area contributed by atoms with Crippen LogP contribution in [0.1, 0.15) is 34.9 Å². The standard InChI is InChI=1S/C13H12BrNO/c1-8-11-6-9(14)2-5-12(11)15(10-3-4-10)13(8)7-16/h2,5-7,10H,3-4H2,1H3. The number of benzene rings is 1. The summed E-state index contributed by atoms with van der Waals surface area (Å²) in [5.74, 6) is 0. The Morgan fingerprint density at radius 3 is 2.81 bits per heavy atom. The normalized spacial score (nSPS) is 15.6. The second kappa shape index (κ2) is 3.45. The van der Waals surface area contributed by atoms with Crippen LogP contribution in [0.5, 0.6) is 0 Å². The number of rotatable bonds is 2. The Kier molecular flexibility index (Phi) is 2.18. The predicted octanol–water partition coefficient (Wildman–Crippen LogP) is 3.86. The molecule has 2 nitrogen and oxygen atoms in total. The summed E-state index contributed by atoms with van der Waals surface area (Å²) in [4.78, 5) is 11.2. The molecule has 0 bridgehead atoms. The van der Waals surface area contributed by atoms with Crippen molar-refractivity contribution in [2.45, 2.75) is 25.8 Å². The van der Waals surface area contributed by atoms with Gasteiger partial charge in [0, 0.05) is 21.4 Å². The molecule has 0 amide bonds. The molecule has 3 heteroatoms. The highest BCUT2D eigenvalue weighted by Gasteiger charge is 2.28. The smallest absolute Gasteiger partial charge is 0.166 e.